The van der Waals surface area contributed by atoms with Crippen LogP contribution in [0.4, 0.5) is 5.82 Å². The lowest BCUT2D eigenvalue weighted by atomic mass is 10.1. The summed E-state index contributed by atoms with van der Waals surface area (Å²) in [4.78, 5) is 11.6. The average molecular weight is 243 g/mol. The van der Waals surface area contributed by atoms with Crippen molar-refractivity contribution in [3.63, 3.8) is 0 Å². The van der Waals surface area contributed by atoms with Crippen LogP contribution in [-0.2, 0) is 11.2 Å². The zero-order chi connectivity index (χ0) is 12.8. The standard InChI is InChI=1S/C14H17N3O/c1-11-10-13(17-16-11)15-14(18)9-5-8-12-6-3-2-4-7-12/h2-4,6-7,10H,5,8-9H2,1H3,(H2,15,16,17,18). The van der Waals surface area contributed by atoms with E-state index in [1.165, 1.54) is 5.56 Å². The van der Waals surface area contributed by atoms with Crippen LogP contribution in [0.1, 0.15) is 24.1 Å². The SMILES string of the molecule is Cc1cc(NC(=O)CCCc2ccccc2)n[nH]1. The highest BCUT2D eigenvalue weighted by Gasteiger charge is 2.04. The van der Waals surface area contributed by atoms with Crippen LogP contribution >= 0.6 is 0 Å². The van der Waals surface area contributed by atoms with Gasteiger partial charge in [-0.15, -0.1) is 0 Å². The molecule has 1 heterocycles. The second-order valence-electron chi connectivity index (χ2n) is 4.32. The zero-order valence-electron chi connectivity index (χ0n) is 10.4. The summed E-state index contributed by atoms with van der Waals surface area (Å²) in [6.45, 7) is 1.90. The van der Waals surface area contributed by atoms with Crippen molar-refractivity contribution in [3.05, 3.63) is 47.7 Å². The normalized spacial score (nSPS) is 10.3. The maximum atomic E-state index is 11.6. The van der Waals surface area contributed by atoms with E-state index in [1.807, 2.05) is 31.2 Å². The van der Waals surface area contributed by atoms with Gasteiger partial charge < -0.3 is 5.32 Å². The number of aryl methyl sites for hydroxylation is 2. The van der Waals surface area contributed by atoms with Crippen LogP contribution in [0.3, 0.4) is 0 Å². The van der Waals surface area contributed by atoms with Crippen LogP contribution in [0.2, 0.25) is 0 Å². The van der Waals surface area contributed by atoms with Crippen LogP contribution in [-0.4, -0.2) is 16.1 Å². The molecule has 0 aliphatic rings. The first kappa shape index (κ1) is 12.4. The van der Waals surface area contributed by atoms with Crippen molar-refractivity contribution in [2.45, 2.75) is 26.2 Å². The zero-order valence-corrected chi connectivity index (χ0v) is 10.4. The molecule has 0 spiro atoms. The van der Waals surface area contributed by atoms with Crippen molar-refractivity contribution in [2.75, 3.05) is 5.32 Å². The number of hydrogen-bond donors (Lipinski definition) is 2. The molecule has 0 aliphatic carbocycles. The predicted octanol–water partition coefficient (Wildman–Crippen LogP) is 2.68. The molecule has 4 heteroatoms. The van der Waals surface area contributed by atoms with E-state index in [0.29, 0.717) is 12.2 Å². The van der Waals surface area contributed by atoms with E-state index in [-0.39, 0.29) is 5.91 Å². The molecule has 0 radical (unpaired) electrons. The number of nitrogens with one attached hydrogen (secondary N) is 2. The van der Waals surface area contributed by atoms with Crippen molar-refractivity contribution in [1.29, 1.82) is 0 Å². The minimum atomic E-state index is 0.0115. The topological polar surface area (TPSA) is 57.8 Å². The first-order valence-electron chi connectivity index (χ1n) is 6.10. The highest BCUT2D eigenvalue weighted by Crippen LogP contribution is 2.07. The Labute approximate surface area is 106 Å². The Hall–Kier alpha value is -2.10. The Bertz CT molecular complexity index is 505. The molecule has 0 saturated heterocycles. The molecule has 4 nitrogen and oxygen atoms in total. The quantitative estimate of drug-likeness (QED) is 0.848. The monoisotopic (exact) mass is 243 g/mol. The molecule has 1 aromatic carbocycles. The number of carbonyl (C=O) groups is 1. The third kappa shape index (κ3) is 3.73. The first-order chi connectivity index (χ1) is 8.74. The Kier molecular flexibility index (Phi) is 4.12. The number of amides is 1. The van der Waals surface area contributed by atoms with E-state index in [1.54, 1.807) is 0 Å². The molecular formula is C14H17N3O. The molecule has 2 N–H and O–H groups in total. The molecule has 2 aromatic rings. The fraction of sp³-hybridized carbons (Fsp3) is 0.286. The Morgan fingerprint density at radius 3 is 2.78 bits per heavy atom. The second kappa shape index (κ2) is 6.00. The van der Waals surface area contributed by atoms with E-state index in [9.17, 15) is 4.79 Å². The van der Waals surface area contributed by atoms with Crippen LogP contribution in [0.5, 0.6) is 0 Å². The van der Waals surface area contributed by atoms with Crippen molar-refractivity contribution in [3.8, 4) is 0 Å². The summed E-state index contributed by atoms with van der Waals surface area (Å²) in [5.74, 6) is 0.606. The number of carbonyl (C=O) groups excluding carboxylic acids is 1. The minimum Gasteiger partial charge on any atom is -0.309 e. The summed E-state index contributed by atoms with van der Waals surface area (Å²) in [5.41, 5.74) is 2.20. The fourth-order valence-electron chi connectivity index (χ4n) is 1.79. The molecule has 1 aromatic heterocycles. The van der Waals surface area contributed by atoms with Crippen LogP contribution in [0.15, 0.2) is 36.4 Å². The second-order valence-corrected chi connectivity index (χ2v) is 4.32. The molecule has 0 fully saturated rings. The van der Waals surface area contributed by atoms with Crippen LogP contribution in [0, 0.1) is 6.92 Å². The molecule has 0 saturated carbocycles. The summed E-state index contributed by atoms with van der Waals surface area (Å²) < 4.78 is 0. The van der Waals surface area contributed by atoms with Gasteiger partial charge >= 0.3 is 0 Å². The number of nitrogens with zero attached hydrogens (tertiary/aromatic N) is 1. The third-order valence-electron chi connectivity index (χ3n) is 2.69. The molecule has 18 heavy (non-hydrogen) atoms. The Morgan fingerprint density at radius 1 is 1.33 bits per heavy atom. The molecule has 1 amide bonds. The number of anilines is 1. The number of aromatic amines is 1. The van der Waals surface area contributed by atoms with E-state index in [4.69, 9.17) is 0 Å². The fourth-order valence-corrected chi connectivity index (χ4v) is 1.79. The highest BCUT2D eigenvalue weighted by molar-refractivity contribution is 5.89. The minimum absolute atomic E-state index is 0.0115. The van der Waals surface area contributed by atoms with E-state index < -0.39 is 0 Å². The van der Waals surface area contributed by atoms with Gasteiger partial charge in [0.2, 0.25) is 5.91 Å². The molecule has 94 valence electrons. The Balaban J connectivity index is 1.72. The Morgan fingerprint density at radius 2 is 2.11 bits per heavy atom. The van der Waals surface area contributed by atoms with Gasteiger partial charge in [0.15, 0.2) is 5.82 Å². The first-order valence-corrected chi connectivity index (χ1v) is 6.10. The third-order valence-corrected chi connectivity index (χ3v) is 2.69. The van der Waals surface area contributed by atoms with E-state index in [0.717, 1.165) is 18.5 Å². The van der Waals surface area contributed by atoms with Gasteiger partial charge in [-0.2, -0.15) is 5.10 Å². The van der Waals surface area contributed by atoms with Gasteiger partial charge in [-0.05, 0) is 25.3 Å². The summed E-state index contributed by atoms with van der Waals surface area (Å²) in [6, 6.07) is 12.0. The van der Waals surface area contributed by atoms with E-state index >= 15 is 0 Å². The molecular weight excluding hydrogens is 226 g/mol. The molecule has 0 bridgehead atoms. The summed E-state index contributed by atoms with van der Waals surface area (Å²) in [6.07, 6.45) is 2.29. The molecule has 0 aliphatic heterocycles. The number of aromatic nitrogens is 2. The summed E-state index contributed by atoms with van der Waals surface area (Å²) in [7, 11) is 0. The van der Waals surface area contributed by atoms with Crippen LogP contribution in [0.25, 0.3) is 0 Å². The number of hydrogen-bond acceptors (Lipinski definition) is 2. The van der Waals surface area contributed by atoms with Gasteiger partial charge in [0.1, 0.15) is 0 Å². The number of rotatable bonds is 5. The lowest BCUT2D eigenvalue weighted by molar-refractivity contribution is -0.116. The van der Waals surface area contributed by atoms with Gasteiger partial charge in [-0.25, -0.2) is 0 Å². The smallest absolute Gasteiger partial charge is 0.225 e. The maximum absolute atomic E-state index is 11.6. The average Bonchev–Trinajstić information content (AvgIpc) is 2.76. The summed E-state index contributed by atoms with van der Waals surface area (Å²) >= 11 is 0. The molecule has 0 atom stereocenters. The van der Waals surface area contributed by atoms with Crippen LogP contribution < -0.4 is 5.32 Å². The lowest BCUT2D eigenvalue weighted by Gasteiger charge is -2.02. The van der Waals surface area contributed by atoms with E-state index in [2.05, 4.69) is 27.6 Å². The van der Waals surface area contributed by atoms with Gasteiger partial charge in [0, 0.05) is 18.2 Å². The van der Waals surface area contributed by atoms with Crippen molar-refractivity contribution in [2.24, 2.45) is 0 Å². The molecule has 0 unspecified atom stereocenters. The lowest BCUT2D eigenvalue weighted by Crippen LogP contribution is -2.11. The predicted molar refractivity (Wildman–Crippen MR) is 71.3 cm³/mol. The van der Waals surface area contributed by atoms with Gasteiger partial charge in [-0.1, -0.05) is 30.3 Å². The molecule has 2 rings (SSSR count). The van der Waals surface area contributed by atoms with Gasteiger partial charge in [-0.3, -0.25) is 9.89 Å². The maximum Gasteiger partial charge on any atom is 0.225 e. The van der Waals surface area contributed by atoms with Gasteiger partial charge in [0.25, 0.3) is 0 Å². The van der Waals surface area contributed by atoms with Crippen molar-refractivity contribution < 1.29 is 4.79 Å². The van der Waals surface area contributed by atoms with Crippen molar-refractivity contribution in [1.82, 2.24) is 10.2 Å². The van der Waals surface area contributed by atoms with Crippen molar-refractivity contribution >= 4 is 11.7 Å². The van der Waals surface area contributed by atoms with Gasteiger partial charge in [0.05, 0.1) is 0 Å². The number of H-pyrrole nitrogens is 1. The highest BCUT2D eigenvalue weighted by atomic mass is 16.1. The largest absolute Gasteiger partial charge is 0.309 e. The summed E-state index contributed by atoms with van der Waals surface area (Å²) in [5, 5.41) is 9.52. The number of benzene rings is 1.